The molecule has 1 amide bonds. The number of nitrogens with two attached hydrogens (primary N) is 2. The van der Waals surface area contributed by atoms with E-state index in [0.29, 0.717) is 26.2 Å². The van der Waals surface area contributed by atoms with Gasteiger partial charge in [0.05, 0.1) is 0 Å². The van der Waals surface area contributed by atoms with Gasteiger partial charge in [-0.15, -0.1) is 0 Å². The summed E-state index contributed by atoms with van der Waals surface area (Å²) in [6, 6.07) is 0.517. The Morgan fingerprint density at radius 1 is 1.11 bits per heavy atom. The predicted octanol–water partition coefficient (Wildman–Crippen LogP) is 1.02. The van der Waals surface area contributed by atoms with Crippen LogP contribution >= 0.6 is 0 Å². The van der Waals surface area contributed by atoms with Crippen LogP contribution in [0.5, 0.6) is 0 Å². The molecule has 0 spiro atoms. The molecule has 0 saturated heterocycles. The van der Waals surface area contributed by atoms with Gasteiger partial charge in [-0.2, -0.15) is 0 Å². The third-order valence-electron chi connectivity index (χ3n) is 2.61. The predicted molar refractivity (Wildman–Crippen MR) is 76.5 cm³/mol. The summed E-state index contributed by atoms with van der Waals surface area (Å²) in [7, 11) is -2.57. The normalized spacial score (nSPS) is 13.5. The van der Waals surface area contributed by atoms with E-state index in [1.807, 2.05) is 20.8 Å². The van der Waals surface area contributed by atoms with Gasteiger partial charge in [-0.1, -0.05) is 0 Å². The maximum Gasteiger partial charge on any atom is 0.500 e. The van der Waals surface area contributed by atoms with Crippen LogP contribution < -0.4 is 11.5 Å². The Hall–Kier alpha value is -0.473. The molecule has 0 saturated carbocycles. The number of carbonyl (C=O) groups excluding carboxylic acids is 1. The molecule has 0 bridgehead atoms. The molecule has 6 nitrogen and oxygen atoms in total. The maximum atomic E-state index is 10.8. The van der Waals surface area contributed by atoms with E-state index in [1.165, 1.54) is 0 Å². The Kier molecular flexibility index (Phi) is 10.1. The fourth-order valence-electron chi connectivity index (χ4n) is 1.94. The van der Waals surface area contributed by atoms with Crippen molar-refractivity contribution in [2.75, 3.05) is 19.8 Å². The SMILES string of the molecule is CCO[Si](CCCC(N)CC(N)=O)(OCC)OCC. The van der Waals surface area contributed by atoms with Gasteiger partial charge in [0.1, 0.15) is 0 Å². The lowest BCUT2D eigenvalue weighted by atomic mass is 10.1. The summed E-state index contributed by atoms with van der Waals surface area (Å²) >= 11 is 0. The molecule has 0 aromatic heterocycles. The minimum absolute atomic E-state index is 0.200. The summed E-state index contributed by atoms with van der Waals surface area (Å²) in [5.41, 5.74) is 10.9. The molecular formula is C12H28N2O4Si. The highest BCUT2D eigenvalue weighted by atomic mass is 28.4. The molecule has 1 unspecified atom stereocenters. The average Bonchev–Trinajstić information content (AvgIpc) is 2.28. The molecule has 1 atom stereocenters. The van der Waals surface area contributed by atoms with E-state index in [0.717, 1.165) is 12.5 Å². The van der Waals surface area contributed by atoms with E-state index in [4.69, 9.17) is 24.7 Å². The van der Waals surface area contributed by atoms with Gasteiger partial charge < -0.3 is 24.7 Å². The summed E-state index contributed by atoms with van der Waals surface area (Å²) < 4.78 is 17.2. The van der Waals surface area contributed by atoms with E-state index in [2.05, 4.69) is 0 Å². The van der Waals surface area contributed by atoms with Gasteiger partial charge in [0, 0.05) is 38.3 Å². The van der Waals surface area contributed by atoms with Crippen molar-refractivity contribution in [2.24, 2.45) is 11.5 Å². The molecule has 0 aromatic carbocycles. The first-order valence-corrected chi connectivity index (χ1v) is 8.88. The van der Waals surface area contributed by atoms with Crippen LogP contribution in [0.1, 0.15) is 40.0 Å². The molecule has 0 rings (SSSR count). The van der Waals surface area contributed by atoms with Crippen LogP contribution in [-0.4, -0.2) is 40.6 Å². The van der Waals surface area contributed by atoms with E-state index < -0.39 is 8.80 Å². The van der Waals surface area contributed by atoms with E-state index in [9.17, 15) is 4.79 Å². The Labute approximate surface area is 117 Å². The first-order chi connectivity index (χ1) is 8.99. The molecule has 0 heterocycles. The second-order valence-electron chi connectivity index (χ2n) is 4.30. The van der Waals surface area contributed by atoms with Crippen LogP contribution in [0.2, 0.25) is 6.04 Å². The summed E-state index contributed by atoms with van der Waals surface area (Å²) in [4.78, 5) is 10.8. The number of hydrogen-bond donors (Lipinski definition) is 2. The highest BCUT2D eigenvalue weighted by Crippen LogP contribution is 2.20. The zero-order valence-corrected chi connectivity index (χ0v) is 13.3. The van der Waals surface area contributed by atoms with E-state index in [1.54, 1.807) is 0 Å². The Morgan fingerprint density at radius 3 is 1.95 bits per heavy atom. The third kappa shape index (κ3) is 8.33. The van der Waals surface area contributed by atoms with Crippen molar-refractivity contribution >= 4 is 14.7 Å². The Balaban J connectivity index is 4.26. The molecule has 0 fully saturated rings. The van der Waals surface area contributed by atoms with Gasteiger partial charge in [0.25, 0.3) is 0 Å². The van der Waals surface area contributed by atoms with Crippen molar-refractivity contribution in [2.45, 2.75) is 52.1 Å². The average molecular weight is 292 g/mol. The highest BCUT2D eigenvalue weighted by Gasteiger charge is 2.39. The van der Waals surface area contributed by atoms with Gasteiger partial charge >= 0.3 is 8.80 Å². The van der Waals surface area contributed by atoms with Gasteiger partial charge in [-0.05, 0) is 33.6 Å². The largest absolute Gasteiger partial charge is 0.500 e. The summed E-state index contributed by atoms with van der Waals surface area (Å²) in [6.07, 6.45) is 1.73. The van der Waals surface area contributed by atoms with Gasteiger partial charge in [0.2, 0.25) is 5.91 Å². The lowest BCUT2D eigenvalue weighted by Gasteiger charge is -2.28. The van der Waals surface area contributed by atoms with Crippen molar-refractivity contribution in [1.29, 1.82) is 0 Å². The highest BCUT2D eigenvalue weighted by molar-refractivity contribution is 6.60. The second kappa shape index (κ2) is 10.3. The topological polar surface area (TPSA) is 96.8 Å². The van der Waals surface area contributed by atoms with Crippen molar-refractivity contribution < 1.29 is 18.1 Å². The van der Waals surface area contributed by atoms with Gasteiger partial charge in [0.15, 0.2) is 0 Å². The second-order valence-corrected chi connectivity index (χ2v) is 7.04. The monoisotopic (exact) mass is 292 g/mol. The molecule has 7 heteroatoms. The lowest BCUT2D eigenvalue weighted by Crippen LogP contribution is -2.46. The smallest absolute Gasteiger partial charge is 0.374 e. The molecule has 0 radical (unpaired) electrons. The fraction of sp³-hybridized carbons (Fsp3) is 0.917. The quantitative estimate of drug-likeness (QED) is 0.523. The van der Waals surface area contributed by atoms with Crippen LogP contribution in [0.15, 0.2) is 0 Å². The fourth-order valence-corrected chi connectivity index (χ4v) is 4.58. The van der Waals surface area contributed by atoms with Crippen molar-refractivity contribution in [3.63, 3.8) is 0 Å². The summed E-state index contributed by atoms with van der Waals surface area (Å²) in [6.45, 7) is 7.49. The number of hydrogen-bond acceptors (Lipinski definition) is 5. The van der Waals surface area contributed by atoms with Crippen LogP contribution in [0.25, 0.3) is 0 Å². The number of rotatable bonds is 12. The minimum atomic E-state index is -2.57. The third-order valence-corrected chi connectivity index (χ3v) is 5.77. The number of primary amides is 1. The van der Waals surface area contributed by atoms with Crippen LogP contribution in [0.3, 0.4) is 0 Å². The summed E-state index contributed by atoms with van der Waals surface area (Å²) in [5, 5.41) is 0. The zero-order chi connectivity index (χ0) is 14.7. The zero-order valence-electron chi connectivity index (χ0n) is 12.3. The molecule has 0 aliphatic heterocycles. The van der Waals surface area contributed by atoms with Crippen molar-refractivity contribution in [1.82, 2.24) is 0 Å². The molecule has 0 aliphatic carbocycles. The first-order valence-electron chi connectivity index (χ1n) is 6.95. The van der Waals surface area contributed by atoms with Crippen molar-refractivity contribution in [3.05, 3.63) is 0 Å². The maximum absolute atomic E-state index is 10.8. The Morgan fingerprint density at radius 2 is 1.58 bits per heavy atom. The Bertz CT molecular complexity index is 237. The lowest BCUT2D eigenvalue weighted by molar-refractivity contribution is -0.118. The molecule has 0 aromatic rings. The molecule has 19 heavy (non-hydrogen) atoms. The minimum Gasteiger partial charge on any atom is -0.374 e. The summed E-state index contributed by atoms with van der Waals surface area (Å²) in [5.74, 6) is -0.365. The van der Waals surface area contributed by atoms with Gasteiger partial charge in [-0.3, -0.25) is 4.79 Å². The number of carbonyl (C=O) groups is 1. The van der Waals surface area contributed by atoms with Crippen LogP contribution in [0, 0.1) is 0 Å². The molecule has 114 valence electrons. The van der Waals surface area contributed by atoms with E-state index in [-0.39, 0.29) is 18.4 Å². The van der Waals surface area contributed by atoms with Gasteiger partial charge in [-0.25, -0.2) is 0 Å². The van der Waals surface area contributed by atoms with E-state index >= 15 is 0 Å². The number of amides is 1. The standard InChI is InChI=1S/C12H28N2O4Si/c1-4-16-19(17-5-2,18-6-3)9-7-8-11(13)10-12(14)15/h11H,4-10,13H2,1-3H3,(H2,14,15). The molecule has 0 aliphatic rings. The first kappa shape index (κ1) is 18.5. The van der Waals surface area contributed by atoms with Crippen molar-refractivity contribution in [3.8, 4) is 0 Å². The van der Waals surface area contributed by atoms with Crippen LogP contribution in [-0.2, 0) is 18.1 Å². The molecule has 4 N–H and O–H groups in total. The van der Waals surface area contributed by atoms with Crippen LogP contribution in [0.4, 0.5) is 0 Å². The molecular weight excluding hydrogens is 264 g/mol.